The lowest BCUT2D eigenvalue weighted by Crippen LogP contribution is -2.38. The van der Waals surface area contributed by atoms with Gasteiger partial charge in [0, 0.05) is 18.9 Å². The standard InChI is InChI=1S/C10H17N3O2/c1-3-11-9(10(14)15-2)5-8-13-7-4-6-12-13/h4,6-7,9,11H,3,5,8H2,1-2H3. The lowest BCUT2D eigenvalue weighted by atomic mass is 10.2. The molecule has 1 unspecified atom stereocenters. The fraction of sp³-hybridized carbons (Fsp3) is 0.600. The molecule has 1 N–H and O–H groups in total. The average molecular weight is 211 g/mol. The summed E-state index contributed by atoms with van der Waals surface area (Å²) >= 11 is 0. The number of hydrogen-bond acceptors (Lipinski definition) is 4. The highest BCUT2D eigenvalue weighted by Crippen LogP contribution is 1.98. The molecule has 0 bridgehead atoms. The molecule has 1 aromatic rings. The van der Waals surface area contributed by atoms with Gasteiger partial charge in [-0.1, -0.05) is 6.92 Å². The van der Waals surface area contributed by atoms with Gasteiger partial charge >= 0.3 is 5.97 Å². The van der Waals surface area contributed by atoms with Gasteiger partial charge in [0.2, 0.25) is 0 Å². The molecule has 1 rings (SSSR count). The third-order valence-corrected chi connectivity index (χ3v) is 2.14. The van der Waals surface area contributed by atoms with Crippen molar-refractivity contribution in [3.05, 3.63) is 18.5 Å². The monoisotopic (exact) mass is 211 g/mol. The van der Waals surface area contributed by atoms with Gasteiger partial charge in [-0.15, -0.1) is 0 Å². The maximum atomic E-state index is 11.3. The summed E-state index contributed by atoms with van der Waals surface area (Å²) < 4.78 is 6.50. The molecule has 15 heavy (non-hydrogen) atoms. The number of likely N-dealkylation sites (N-methyl/N-ethyl adjacent to an activating group) is 1. The Balaban J connectivity index is 2.41. The smallest absolute Gasteiger partial charge is 0.322 e. The molecule has 0 aromatic carbocycles. The van der Waals surface area contributed by atoms with Gasteiger partial charge in [0.05, 0.1) is 7.11 Å². The van der Waals surface area contributed by atoms with E-state index in [0.717, 1.165) is 6.54 Å². The second-order valence-corrected chi connectivity index (χ2v) is 3.19. The van der Waals surface area contributed by atoms with Gasteiger partial charge in [-0.2, -0.15) is 5.10 Å². The first-order valence-electron chi connectivity index (χ1n) is 5.06. The van der Waals surface area contributed by atoms with Gasteiger partial charge in [-0.3, -0.25) is 9.48 Å². The first-order chi connectivity index (χ1) is 7.27. The van der Waals surface area contributed by atoms with E-state index in [1.807, 2.05) is 19.2 Å². The Hall–Kier alpha value is -1.36. The number of ether oxygens (including phenoxy) is 1. The van der Waals surface area contributed by atoms with E-state index in [4.69, 9.17) is 4.74 Å². The van der Waals surface area contributed by atoms with Crippen LogP contribution >= 0.6 is 0 Å². The van der Waals surface area contributed by atoms with Crippen LogP contribution in [0.1, 0.15) is 13.3 Å². The van der Waals surface area contributed by atoms with Crippen LogP contribution in [0.25, 0.3) is 0 Å². The first-order valence-corrected chi connectivity index (χ1v) is 5.06. The summed E-state index contributed by atoms with van der Waals surface area (Å²) in [5, 5.41) is 7.15. The van der Waals surface area contributed by atoms with Crippen molar-refractivity contribution in [2.75, 3.05) is 13.7 Å². The topological polar surface area (TPSA) is 56.2 Å². The molecular weight excluding hydrogens is 194 g/mol. The van der Waals surface area contributed by atoms with Crippen molar-refractivity contribution in [1.29, 1.82) is 0 Å². The third kappa shape index (κ3) is 3.71. The highest BCUT2D eigenvalue weighted by atomic mass is 16.5. The molecule has 0 spiro atoms. The van der Waals surface area contributed by atoms with Crippen LogP contribution in [-0.4, -0.2) is 35.4 Å². The van der Waals surface area contributed by atoms with Crippen LogP contribution in [0.2, 0.25) is 0 Å². The molecule has 0 amide bonds. The number of carbonyl (C=O) groups excluding carboxylic acids is 1. The third-order valence-electron chi connectivity index (χ3n) is 2.14. The summed E-state index contributed by atoms with van der Waals surface area (Å²) in [6, 6.07) is 1.62. The lowest BCUT2D eigenvalue weighted by molar-refractivity contribution is -0.143. The van der Waals surface area contributed by atoms with Crippen LogP contribution in [0.5, 0.6) is 0 Å². The number of nitrogens with one attached hydrogen (secondary N) is 1. The normalized spacial score (nSPS) is 12.4. The quantitative estimate of drug-likeness (QED) is 0.693. The van der Waals surface area contributed by atoms with Gasteiger partial charge in [-0.25, -0.2) is 0 Å². The summed E-state index contributed by atoms with van der Waals surface area (Å²) in [6.07, 6.45) is 4.28. The predicted molar refractivity (Wildman–Crippen MR) is 56.3 cm³/mol. The summed E-state index contributed by atoms with van der Waals surface area (Å²) in [7, 11) is 1.40. The highest BCUT2D eigenvalue weighted by Gasteiger charge is 2.17. The van der Waals surface area contributed by atoms with Crippen LogP contribution in [-0.2, 0) is 16.1 Å². The van der Waals surface area contributed by atoms with Crippen LogP contribution in [0.4, 0.5) is 0 Å². The Labute approximate surface area is 89.4 Å². The van der Waals surface area contributed by atoms with Crippen LogP contribution in [0.3, 0.4) is 0 Å². The number of esters is 1. The molecule has 0 radical (unpaired) electrons. The summed E-state index contributed by atoms with van der Waals surface area (Å²) in [4.78, 5) is 11.3. The van der Waals surface area contributed by atoms with E-state index in [1.54, 1.807) is 10.9 Å². The van der Waals surface area contributed by atoms with E-state index >= 15 is 0 Å². The van der Waals surface area contributed by atoms with E-state index < -0.39 is 0 Å². The second-order valence-electron chi connectivity index (χ2n) is 3.19. The number of aryl methyl sites for hydroxylation is 1. The molecule has 5 heteroatoms. The van der Waals surface area contributed by atoms with Gasteiger partial charge < -0.3 is 10.1 Å². The minimum Gasteiger partial charge on any atom is -0.468 e. The first kappa shape index (κ1) is 11.7. The molecule has 84 valence electrons. The van der Waals surface area contributed by atoms with Gasteiger partial charge in [0.25, 0.3) is 0 Å². The minimum atomic E-state index is -0.246. The van der Waals surface area contributed by atoms with Crippen molar-refractivity contribution < 1.29 is 9.53 Å². The Kier molecular flexibility index (Phi) is 4.83. The lowest BCUT2D eigenvalue weighted by Gasteiger charge is -2.14. The van der Waals surface area contributed by atoms with Crippen molar-refractivity contribution in [2.45, 2.75) is 25.9 Å². The molecule has 0 saturated carbocycles. The molecule has 1 aromatic heterocycles. The molecular formula is C10H17N3O2. The van der Waals surface area contributed by atoms with Crippen molar-refractivity contribution in [1.82, 2.24) is 15.1 Å². The number of nitrogens with zero attached hydrogens (tertiary/aromatic N) is 2. The Bertz CT molecular complexity index is 285. The number of hydrogen-bond donors (Lipinski definition) is 1. The Morgan fingerprint density at radius 2 is 2.47 bits per heavy atom. The molecule has 0 aliphatic carbocycles. The number of aromatic nitrogens is 2. The molecule has 0 aliphatic rings. The summed E-state index contributed by atoms with van der Waals surface area (Å²) in [6.45, 7) is 3.42. The van der Waals surface area contributed by atoms with Crippen LogP contribution < -0.4 is 5.32 Å². The van der Waals surface area contributed by atoms with Crippen molar-refractivity contribution in [3.8, 4) is 0 Å². The highest BCUT2D eigenvalue weighted by molar-refractivity contribution is 5.75. The SMILES string of the molecule is CCNC(CCn1cccn1)C(=O)OC. The van der Waals surface area contributed by atoms with Crippen LogP contribution in [0.15, 0.2) is 18.5 Å². The summed E-state index contributed by atoms with van der Waals surface area (Å²) in [5.41, 5.74) is 0. The van der Waals surface area contributed by atoms with Crippen LogP contribution in [0, 0.1) is 0 Å². The van der Waals surface area contributed by atoms with E-state index in [-0.39, 0.29) is 12.0 Å². The van der Waals surface area contributed by atoms with E-state index in [1.165, 1.54) is 7.11 Å². The zero-order valence-corrected chi connectivity index (χ0v) is 9.14. The fourth-order valence-corrected chi connectivity index (χ4v) is 1.39. The molecule has 5 nitrogen and oxygen atoms in total. The van der Waals surface area contributed by atoms with Crippen molar-refractivity contribution >= 4 is 5.97 Å². The number of carbonyl (C=O) groups is 1. The maximum absolute atomic E-state index is 11.3. The molecule has 0 saturated heterocycles. The summed E-state index contributed by atoms with van der Waals surface area (Å²) in [5.74, 6) is -0.219. The Morgan fingerprint density at radius 3 is 3.00 bits per heavy atom. The van der Waals surface area contributed by atoms with E-state index in [9.17, 15) is 4.79 Å². The largest absolute Gasteiger partial charge is 0.468 e. The van der Waals surface area contributed by atoms with Crippen molar-refractivity contribution in [3.63, 3.8) is 0 Å². The predicted octanol–water partition coefficient (Wildman–Crippen LogP) is 0.424. The number of rotatable bonds is 6. The van der Waals surface area contributed by atoms with E-state index in [0.29, 0.717) is 13.0 Å². The van der Waals surface area contributed by atoms with Crippen molar-refractivity contribution in [2.24, 2.45) is 0 Å². The molecule has 0 fully saturated rings. The fourth-order valence-electron chi connectivity index (χ4n) is 1.39. The zero-order valence-electron chi connectivity index (χ0n) is 9.14. The minimum absolute atomic E-state index is 0.219. The molecule has 0 aliphatic heterocycles. The van der Waals surface area contributed by atoms with Gasteiger partial charge in [0.15, 0.2) is 0 Å². The second kappa shape index (κ2) is 6.19. The molecule has 1 atom stereocenters. The van der Waals surface area contributed by atoms with Gasteiger partial charge in [-0.05, 0) is 19.0 Å². The zero-order chi connectivity index (χ0) is 11.1. The maximum Gasteiger partial charge on any atom is 0.322 e. The number of methoxy groups -OCH3 is 1. The average Bonchev–Trinajstić information content (AvgIpc) is 2.76. The van der Waals surface area contributed by atoms with E-state index in [2.05, 4.69) is 10.4 Å². The van der Waals surface area contributed by atoms with Gasteiger partial charge in [0.1, 0.15) is 6.04 Å². The Morgan fingerprint density at radius 1 is 1.67 bits per heavy atom. The molecule has 1 heterocycles.